The van der Waals surface area contributed by atoms with E-state index in [0.29, 0.717) is 13.0 Å². The fraction of sp³-hybridized carbons (Fsp3) is 0.474. The van der Waals surface area contributed by atoms with Crippen LogP contribution in [0.1, 0.15) is 12.5 Å². The van der Waals surface area contributed by atoms with E-state index in [1.807, 2.05) is 41.3 Å². The Morgan fingerprint density at radius 1 is 1.19 bits per heavy atom. The average Bonchev–Trinajstić information content (AvgIpc) is 3.02. The second-order valence-electron chi connectivity index (χ2n) is 6.55. The lowest BCUT2D eigenvalue weighted by molar-refractivity contribution is -0.127. The predicted octanol–water partition coefficient (Wildman–Crippen LogP) is 2.27. The standard InChI is InChI=1S/C19H28N4O2S2/c1-14(24)22-18(12-15-13-21-17-7-5-4-6-16(15)17)19(25)20-8-10-26-27-11-9-23(2)3/h4-7,13,18,21H,8-12H2,1-3H3,(H,20,25)(H,22,24)/t18-/m0/s1. The maximum atomic E-state index is 12.6. The van der Waals surface area contributed by atoms with Crippen LogP contribution < -0.4 is 10.6 Å². The first-order chi connectivity index (χ1) is 13.0. The van der Waals surface area contributed by atoms with E-state index in [1.165, 1.54) is 6.92 Å². The van der Waals surface area contributed by atoms with E-state index in [9.17, 15) is 9.59 Å². The number of nitrogens with zero attached hydrogens (tertiary/aromatic N) is 1. The number of aromatic nitrogens is 1. The summed E-state index contributed by atoms with van der Waals surface area (Å²) in [6.45, 7) is 3.06. The lowest BCUT2D eigenvalue weighted by atomic mass is 10.0. The van der Waals surface area contributed by atoms with Gasteiger partial charge in [0.15, 0.2) is 0 Å². The van der Waals surface area contributed by atoms with Crippen molar-refractivity contribution in [3.8, 4) is 0 Å². The zero-order valence-corrected chi connectivity index (χ0v) is 17.7. The molecule has 1 aromatic heterocycles. The summed E-state index contributed by atoms with van der Waals surface area (Å²) in [5.74, 6) is 1.54. The first kappa shape index (κ1) is 21.7. The molecule has 0 bridgehead atoms. The second-order valence-corrected chi connectivity index (χ2v) is 9.26. The van der Waals surface area contributed by atoms with Gasteiger partial charge in [0.25, 0.3) is 0 Å². The number of H-pyrrole nitrogens is 1. The van der Waals surface area contributed by atoms with Crippen LogP contribution >= 0.6 is 21.6 Å². The minimum Gasteiger partial charge on any atom is -0.361 e. The van der Waals surface area contributed by atoms with Crippen molar-refractivity contribution in [2.75, 3.05) is 38.7 Å². The van der Waals surface area contributed by atoms with Crippen LogP contribution in [0.4, 0.5) is 0 Å². The summed E-state index contributed by atoms with van der Waals surface area (Å²) >= 11 is 0. The van der Waals surface area contributed by atoms with Crippen LogP contribution in [0.2, 0.25) is 0 Å². The van der Waals surface area contributed by atoms with Crippen LogP contribution in [0, 0.1) is 0 Å². The summed E-state index contributed by atoms with van der Waals surface area (Å²) in [5.41, 5.74) is 2.05. The molecule has 0 spiro atoms. The average molecular weight is 409 g/mol. The summed E-state index contributed by atoms with van der Waals surface area (Å²) in [6.07, 6.45) is 2.37. The molecule has 1 heterocycles. The molecule has 6 nitrogen and oxygen atoms in total. The third kappa shape index (κ3) is 7.48. The molecule has 0 radical (unpaired) electrons. The van der Waals surface area contributed by atoms with Crippen LogP contribution in [0.5, 0.6) is 0 Å². The largest absolute Gasteiger partial charge is 0.361 e. The third-order valence-corrected chi connectivity index (χ3v) is 6.37. The van der Waals surface area contributed by atoms with Crippen molar-refractivity contribution in [2.24, 2.45) is 0 Å². The number of fused-ring (bicyclic) bond motifs is 1. The van der Waals surface area contributed by atoms with Gasteiger partial charge < -0.3 is 20.5 Å². The van der Waals surface area contributed by atoms with Crippen molar-refractivity contribution in [3.63, 3.8) is 0 Å². The highest BCUT2D eigenvalue weighted by Crippen LogP contribution is 2.20. The number of amides is 2. The number of nitrogens with one attached hydrogen (secondary N) is 3. The molecule has 2 amide bonds. The van der Waals surface area contributed by atoms with Crippen molar-refractivity contribution in [1.29, 1.82) is 0 Å². The molecular weight excluding hydrogens is 380 g/mol. The monoisotopic (exact) mass is 408 g/mol. The Labute approximate surface area is 168 Å². The Balaban J connectivity index is 1.84. The van der Waals surface area contributed by atoms with Gasteiger partial charge in [0, 0.05) is 55.0 Å². The SMILES string of the molecule is CC(=O)N[C@@H](Cc1c[nH]c2ccccc12)C(=O)NCCSSCCN(C)C. The fourth-order valence-electron chi connectivity index (χ4n) is 2.65. The zero-order valence-electron chi connectivity index (χ0n) is 16.1. The van der Waals surface area contributed by atoms with Gasteiger partial charge in [-0.15, -0.1) is 0 Å². The van der Waals surface area contributed by atoms with Crippen molar-refractivity contribution in [3.05, 3.63) is 36.0 Å². The molecule has 0 fully saturated rings. The molecule has 0 aliphatic rings. The van der Waals surface area contributed by atoms with Crippen LogP contribution in [-0.4, -0.2) is 66.4 Å². The maximum Gasteiger partial charge on any atom is 0.242 e. The van der Waals surface area contributed by atoms with Gasteiger partial charge >= 0.3 is 0 Å². The topological polar surface area (TPSA) is 77.2 Å². The number of carbonyl (C=O) groups is 2. The van der Waals surface area contributed by atoms with E-state index in [4.69, 9.17) is 0 Å². The quantitative estimate of drug-likeness (QED) is 0.393. The zero-order chi connectivity index (χ0) is 19.6. The normalized spacial score (nSPS) is 12.3. The highest BCUT2D eigenvalue weighted by atomic mass is 33.1. The summed E-state index contributed by atoms with van der Waals surface area (Å²) in [5, 5.41) is 6.79. The molecule has 1 atom stereocenters. The van der Waals surface area contributed by atoms with Gasteiger partial charge in [-0.25, -0.2) is 0 Å². The summed E-state index contributed by atoms with van der Waals surface area (Å²) in [7, 11) is 7.67. The molecule has 0 aliphatic carbocycles. The Bertz CT molecular complexity index is 748. The molecule has 8 heteroatoms. The Kier molecular flexibility index (Phi) is 9.03. The fourth-order valence-corrected chi connectivity index (χ4v) is 4.69. The van der Waals surface area contributed by atoms with E-state index in [0.717, 1.165) is 34.5 Å². The molecular formula is C19H28N4O2S2. The second kappa shape index (κ2) is 11.3. The lowest BCUT2D eigenvalue weighted by Crippen LogP contribution is -2.47. The highest BCUT2D eigenvalue weighted by Gasteiger charge is 2.21. The molecule has 0 saturated carbocycles. The van der Waals surface area contributed by atoms with E-state index in [1.54, 1.807) is 10.8 Å². The van der Waals surface area contributed by atoms with Gasteiger partial charge in [0.2, 0.25) is 11.8 Å². The van der Waals surface area contributed by atoms with Gasteiger partial charge in [-0.2, -0.15) is 0 Å². The van der Waals surface area contributed by atoms with Crippen LogP contribution in [0.25, 0.3) is 10.9 Å². The van der Waals surface area contributed by atoms with Crippen molar-refractivity contribution in [1.82, 2.24) is 20.5 Å². The van der Waals surface area contributed by atoms with Crippen molar-refractivity contribution < 1.29 is 9.59 Å². The third-order valence-electron chi connectivity index (χ3n) is 3.98. The van der Waals surface area contributed by atoms with Gasteiger partial charge in [-0.1, -0.05) is 39.8 Å². The Morgan fingerprint density at radius 3 is 2.67 bits per heavy atom. The van der Waals surface area contributed by atoms with Crippen molar-refractivity contribution in [2.45, 2.75) is 19.4 Å². The molecule has 148 valence electrons. The Morgan fingerprint density at radius 2 is 1.93 bits per heavy atom. The number of carbonyl (C=O) groups excluding carboxylic acids is 2. The molecule has 2 rings (SSSR count). The first-order valence-electron chi connectivity index (χ1n) is 8.96. The maximum absolute atomic E-state index is 12.6. The lowest BCUT2D eigenvalue weighted by Gasteiger charge is -2.17. The summed E-state index contributed by atoms with van der Waals surface area (Å²) in [6, 6.07) is 7.38. The number of benzene rings is 1. The van der Waals surface area contributed by atoms with Crippen LogP contribution in [0.15, 0.2) is 30.5 Å². The molecule has 27 heavy (non-hydrogen) atoms. The van der Waals surface area contributed by atoms with Gasteiger partial charge in [0.1, 0.15) is 6.04 Å². The summed E-state index contributed by atoms with van der Waals surface area (Å²) < 4.78 is 0. The molecule has 0 saturated heterocycles. The molecule has 1 aromatic carbocycles. The van der Waals surface area contributed by atoms with Gasteiger partial charge in [-0.05, 0) is 25.7 Å². The van der Waals surface area contributed by atoms with Gasteiger partial charge in [-0.3, -0.25) is 9.59 Å². The van der Waals surface area contributed by atoms with E-state index in [2.05, 4.69) is 34.6 Å². The summed E-state index contributed by atoms with van der Waals surface area (Å²) in [4.78, 5) is 29.5. The minimum atomic E-state index is -0.576. The molecule has 0 unspecified atom stereocenters. The van der Waals surface area contributed by atoms with E-state index in [-0.39, 0.29) is 11.8 Å². The van der Waals surface area contributed by atoms with E-state index < -0.39 is 6.04 Å². The van der Waals surface area contributed by atoms with Gasteiger partial charge in [0.05, 0.1) is 0 Å². The van der Waals surface area contributed by atoms with Crippen molar-refractivity contribution >= 4 is 44.3 Å². The minimum absolute atomic E-state index is 0.144. The van der Waals surface area contributed by atoms with E-state index >= 15 is 0 Å². The van der Waals surface area contributed by atoms with Crippen LogP contribution in [0.3, 0.4) is 0 Å². The molecule has 2 aromatic rings. The highest BCUT2D eigenvalue weighted by molar-refractivity contribution is 8.76. The molecule has 0 aliphatic heterocycles. The predicted molar refractivity (Wildman–Crippen MR) is 116 cm³/mol. The number of para-hydroxylation sites is 1. The molecule has 3 N–H and O–H groups in total. The number of hydrogen-bond donors (Lipinski definition) is 3. The smallest absolute Gasteiger partial charge is 0.242 e. The number of aromatic amines is 1. The number of hydrogen-bond acceptors (Lipinski definition) is 5. The first-order valence-corrected chi connectivity index (χ1v) is 11.4. The Hall–Kier alpha value is -1.64. The number of rotatable bonds is 11. The van der Waals surface area contributed by atoms with Crippen LogP contribution in [-0.2, 0) is 16.0 Å².